The quantitative estimate of drug-likeness (QED) is 0.537. The lowest BCUT2D eigenvalue weighted by molar-refractivity contribution is -0.133. The summed E-state index contributed by atoms with van der Waals surface area (Å²) in [4.78, 5) is 18.9. The molecule has 0 unspecified atom stereocenters. The molecule has 0 aliphatic carbocycles. The van der Waals surface area contributed by atoms with E-state index in [1.807, 2.05) is 47.4 Å². The van der Waals surface area contributed by atoms with E-state index in [2.05, 4.69) is 39.9 Å². The lowest BCUT2D eigenvalue weighted by Gasteiger charge is -2.35. The number of aromatic nitrogens is 2. The van der Waals surface area contributed by atoms with Crippen LogP contribution >= 0.6 is 0 Å². The van der Waals surface area contributed by atoms with Crippen molar-refractivity contribution in [3.8, 4) is 17.2 Å². The Morgan fingerprint density at radius 3 is 2.50 bits per heavy atom. The number of amides is 1. The van der Waals surface area contributed by atoms with Crippen LogP contribution in [0.15, 0.2) is 59.2 Å². The topological polar surface area (TPSA) is 74.9 Å². The van der Waals surface area contributed by atoms with Gasteiger partial charge in [0.1, 0.15) is 11.4 Å². The third kappa shape index (κ3) is 5.01. The van der Waals surface area contributed by atoms with Crippen molar-refractivity contribution < 1.29 is 13.9 Å². The van der Waals surface area contributed by atoms with E-state index in [4.69, 9.17) is 9.15 Å². The van der Waals surface area contributed by atoms with E-state index >= 15 is 0 Å². The molecule has 1 aliphatic rings. The first-order chi connectivity index (χ1) is 15.7. The summed E-state index contributed by atoms with van der Waals surface area (Å²) < 4.78 is 11.2. The van der Waals surface area contributed by atoms with E-state index in [0.717, 1.165) is 24.6 Å². The van der Waals surface area contributed by atoms with E-state index in [9.17, 15) is 4.79 Å². The molecule has 0 atom stereocenters. The van der Waals surface area contributed by atoms with Crippen molar-refractivity contribution in [2.24, 2.45) is 0 Å². The number of rotatable bonds is 8. The molecule has 8 heteroatoms. The monoisotopic (exact) mass is 435 g/mol. The molecular formula is C24H29N5O3. The Bertz CT molecular complexity index is 995. The zero-order valence-corrected chi connectivity index (χ0v) is 18.6. The van der Waals surface area contributed by atoms with Crippen molar-refractivity contribution in [3.05, 3.63) is 54.8 Å². The Morgan fingerprint density at radius 2 is 1.84 bits per heavy atom. The van der Waals surface area contributed by atoms with Gasteiger partial charge in [0.2, 0.25) is 0 Å². The molecule has 0 bridgehead atoms. The molecule has 1 saturated heterocycles. The maximum atomic E-state index is 12.7. The number of carbonyl (C=O) groups excluding carboxylic acids is 1. The van der Waals surface area contributed by atoms with Crippen LogP contribution in [-0.2, 0) is 4.79 Å². The molecule has 3 aromatic rings. The van der Waals surface area contributed by atoms with E-state index in [1.165, 1.54) is 0 Å². The van der Waals surface area contributed by atoms with Crippen LogP contribution in [0.4, 0.5) is 11.5 Å². The van der Waals surface area contributed by atoms with E-state index in [1.54, 1.807) is 6.26 Å². The molecule has 1 amide bonds. The molecule has 1 aromatic carbocycles. The summed E-state index contributed by atoms with van der Waals surface area (Å²) >= 11 is 0. The first kappa shape index (κ1) is 21.7. The van der Waals surface area contributed by atoms with Gasteiger partial charge in [-0.25, -0.2) is 0 Å². The fourth-order valence-electron chi connectivity index (χ4n) is 3.83. The van der Waals surface area contributed by atoms with E-state index in [0.29, 0.717) is 43.4 Å². The summed E-state index contributed by atoms with van der Waals surface area (Å²) in [5, 5.41) is 8.58. The molecule has 0 N–H and O–H groups in total. The Labute approximate surface area is 188 Å². The largest absolute Gasteiger partial charge is 0.484 e. The molecule has 0 saturated carbocycles. The zero-order valence-electron chi connectivity index (χ0n) is 18.6. The van der Waals surface area contributed by atoms with Gasteiger partial charge in [-0.15, -0.1) is 10.2 Å². The molecule has 32 heavy (non-hydrogen) atoms. The number of hydrogen-bond acceptors (Lipinski definition) is 7. The van der Waals surface area contributed by atoms with Gasteiger partial charge in [-0.05, 0) is 50.2 Å². The minimum Gasteiger partial charge on any atom is -0.484 e. The Balaban J connectivity index is 1.27. The van der Waals surface area contributed by atoms with Crippen LogP contribution in [0.1, 0.15) is 13.8 Å². The summed E-state index contributed by atoms with van der Waals surface area (Å²) in [7, 11) is 0. The van der Waals surface area contributed by atoms with Crippen molar-refractivity contribution in [3.63, 3.8) is 0 Å². The van der Waals surface area contributed by atoms with Gasteiger partial charge in [-0.3, -0.25) is 4.79 Å². The maximum Gasteiger partial charge on any atom is 0.260 e. The number of hydrogen-bond donors (Lipinski definition) is 0. The zero-order chi connectivity index (χ0) is 22.3. The van der Waals surface area contributed by atoms with Gasteiger partial charge in [0.15, 0.2) is 18.2 Å². The van der Waals surface area contributed by atoms with Gasteiger partial charge in [0.25, 0.3) is 5.91 Å². The van der Waals surface area contributed by atoms with Crippen molar-refractivity contribution >= 4 is 17.4 Å². The molecular weight excluding hydrogens is 406 g/mol. The number of ether oxygens (including phenoxy) is 1. The number of carbonyl (C=O) groups is 1. The highest BCUT2D eigenvalue weighted by molar-refractivity contribution is 5.78. The second-order valence-corrected chi connectivity index (χ2v) is 7.58. The highest BCUT2D eigenvalue weighted by Gasteiger charge is 2.22. The molecule has 0 spiro atoms. The van der Waals surface area contributed by atoms with Crippen LogP contribution < -0.4 is 14.5 Å². The number of furan rings is 1. The van der Waals surface area contributed by atoms with Crippen molar-refractivity contribution in [2.75, 3.05) is 55.7 Å². The third-order valence-corrected chi connectivity index (χ3v) is 5.69. The maximum absolute atomic E-state index is 12.7. The summed E-state index contributed by atoms with van der Waals surface area (Å²) in [5.41, 5.74) is 1.81. The van der Waals surface area contributed by atoms with E-state index < -0.39 is 0 Å². The van der Waals surface area contributed by atoms with Gasteiger partial charge >= 0.3 is 0 Å². The molecule has 1 aliphatic heterocycles. The minimum atomic E-state index is -0.00264. The highest BCUT2D eigenvalue weighted by atomic mass is 16.5. The predicted octanol–water partition coefficient (Wildman–Crippen LogP) is 3.31. The highest BCUT2D eigenvalue weighted by Crippen LogP contribution is 2.22. The Hall–Kier alpha value is -3.55. The van der Waals surface area contributed by atoms with Crippen LogP contribution in [0.3, 0.4) is 0 Å². The molecule has 1 fully saturated rings. The van der Waals surface area contributed by atoms with Crippen LogP contribution in [-0.4, -0.2) is 66.9 Å². The van der Waals surface area contributed by atoms with Crippen molar-refractivity contribution in [1.82, 2.24) is 15.1 Å². The summed E-state index contributed by atoms with van der Waals surface area (Å²) in [6.07, 6.45) is 1.62. The van der Waals surface area contributed by atoms with Gasteiger partial charge < -0.3 is 23.9 Å². The van der Waals surface area contributed by atoms with Crippen LogP contribution in [0.5, 0.6) is 5.75 Å². The normalized spacial score (nSPS) is 13.8. The Kier molecular flexibility index (Phi) is 6.89. The molecule has 2 aromatic heterocycles. The number of piperazine rings is 1. The van der Waals surface area contributed by atoms with Gasteiger partial charge in [-0.2, -0.15) is 0 Å². The van der Waals surface area contributed by atoms with Gasteiger partial charge in [0.05, 0.1) is 6.26 Å². The lowest BCUT2D eigenvalue weighted by atomic mass is 10.2. The average Bonchev–Trinajstić information content (AvgIpc) is 3.39. The summed E-state index contributed by atoms with van der Waals surface area (Å²) in [6, 6.07) is 15.4. The molecule has 168 valence electrons. The first-order valence-corrected chi connectivity index (χ1v) is 11.1. The molecule has 4 rings (SSSR count). The van der Waals surface area contributed by atoms with E-state index in [-0.39, 0.29) is 12.5 Å². The number of benzene rings is 1. The number of nitrogens with zero attached hydrogens (tertiary/aromatic N) is 5. The second kappa shape index (κ2) is 10.2. The van der Waals surface area contributed by atoms with Gasteiger partial charge in [0, 0.05) is 51.0 Å². The summed E-state index contributed by atoms with van der Waals surface area (Å²) in [6.45, 7) is 8.82. The van der Waals surface area contributed by atoms with Crippen LogP contribution in [0.25, 0.3) is 11.5 Å². The standard InChI is InChI=1S/C24H29N5O3/c1-3-27(4-2)19-7-5-8-20(17-19)32-18-24(30)29-14-12-28(13-15-29)23-11-10-21(25-26-23)22-9-6-16-31-22/h5-11,16-17H,3-4,12-15,18H2,1-2H3. The fraction of sp³-hybridized carbons (Fsp3) is 0.375. The van der Waals surface area contributed by atoms with Crippen molar-refractivity contribution in [2.45, 2.75) is 13.8 Å². The van der Waals surface area contributed by atoms with Crippen LogP contribution in [0, 0.1) is 0 Å². The van der Waals surface area contributed by atoms with Gasteiger partial charge in [-0.1, -0.05) is 6.07 Å². The SMILES string of the molecule is CCN(CC)c1cccc(OCC(=O)N2CCN(c3ccc(-c4ccco4)nn3)CC2)c1. The fourth-order valence-corrected chi connectivity index (χ4v) is 3.83. The van der Waals surface area contributed by atoms with Crippen LogP contribution in [0.2, 0.25) is 0 Å². The molecule has 3 heterocycles. The first-order valence-electron chi connectivity index (χ1n) is 11.1. The smallest absolute Gasteiger partial charge is 0.260 e. The Morgan fingerprint density at radius 1 is 1.03 bits per heavy atom. The average molecular weight is 436 g/mol. The van der Waals surface area contributed by atoms with Crippen molar-refractivity contribution in [1.29, 1.82) is 0 Å². The predicted molar refractivity (Wildman–Crippen MR) is 124 cm³/mol. The summed E-state index contributed by atoms with van der Waals surface area (Å²) in [5.74, 6) is 2.21. The second-order valence-electron chi connectivity index (χ2n) is 7.58. The lowest BCUT2D eigenvalue weighted by Crippen LogP contribution is -2.50. The molecule has 0 radical (unpaired) electrons. The number of anilines is 2. The molecule has 8 nitrogen and oxygen atoms in total. The third-order valence-electron chi connectivity index (χ3n) is 5.69. The minimum absolute atomic E-state index is 0.00264.